The quantitative estimate of drug-likeness (QED) is 0.365. The highest BCUT2D eigenvalue weighted by Gasteiger charge is 2.43. The highest BCUT2D eigenvalue weighted by Crippen LogP contribution is 2.31. The number of hydrogen-bond donors (Lipinski definition) is 5. The first-order valence-corrected chi connectivity index (χ1v) is 7.09. The summed E-state index contributed by atoms with van der Waals surface area (Å²) in [5, 5.41) is 52.5. The van der Waals surface area contributed by atoms with Gasteiger partial charge in [0.15, 0.2) is 6.23 Å². The maximum Gasteiger partial charge on any atom is 0.292 e. The molecule has 0 bridgehead atoms. The van der Waals surface area contributed by atoms with Crippen molar-refractivity contribution in [3.63, 3.8) is 0 Å². The van der Waals surface area contributed by atoms with E-state index in [-0.39, 0.29) is 11.4 Å². The molecule has 5 atom stereocenters. The van der Waals surface area contributed by atoms with Gasteiger partial charge in [-0.1, -0.05) is 0 Å². The van der Waals surface area contributed by atoms with Crippen LogP contribution in [0.4, 0.5) is 11.4 Å². The Labute approximate surface area is 132 Å². The predicted molar refractivity (Wildman–Crippen MR) is 80.0 cm³/mol. The Hall–Kier alpha value is -1.78. The molecule has 0 radical (unpaired) electrons. The molecule has 1 heterocycles. The molecule has 1 aliphatic heterocycles. The second kappa shape index (κ2) is 6.77. The molecule has 0 unspecified atom stereocenters. The van der Waals surface area contributed by atoms with E-state index in [1.165, 1.54) is 12.1 Å². The van der Waals surface area contributed by atoms with Gasteiger partial charge in [-0.25, -0.2) is 0 Å². The summed E-state index contributed by atoms with van der Waals surface area (Å²) >= 11 is 0. The van der Waals surface area contributed by atoms with Gasteiger partial charge in [-0.2, -0.15) is 0 Å². The third kappa shape index (κ3) is 3.43. The van der Waals surface area contributed by atoms with Crippen LogP contribution in [0.25, 0.3) is 0 Å². The first kappa shape index (κ1) is 17.6. The normalized spacial score (nSPS) is 31.0. The van der Waals surface area contributed by atoms with E-state index >= 15 is 0 Å². The maximum atomic E-state index is 11.2. The topological polar surface area (TPSA) is 145 Å². The number of aryl methyl sites for hydroxylation is 2. The summed E-state index contributed by atoms with van der Waals surface area (Å²) < 4.78 is 5.30. The first-order chi connectivity index (χ1) is 10.8. The smallest absolute Gasteiger partial charge is 0.292 e. The summed E-state index contributed by atoms with van der Waals surface area (Å²) in [6.07, 6.45) is -6.86. The molecule has 0 spiro atoms. The molecular weight excluding hydrogens is 308 g/mol. The van der Waals surface area contributed by atoms with Crippen LogP contribution in [0.3, 0.4) is 0 Å². The Morgan fingerprint density at radius 2 is 1.78 bits per heavy atom. The number of aliphatic hydroxyl groups is 4. The van der Waals surface area contributed by atoms with Gasteiger partial charge in [0.2, 0.25) is 0 Å². The minimum absolute atomic E-state index is 0.113. The minimum Gasteiger partial charge on any atom is -0.394 e. The molecule has 1 aliphatic rings. The summed E-state index contributed by atoms with van der Waals surface area (Å²) in [6, 6.07) is 2.93. The largest absolute Gasteiger partial charge is 0.394 e. The van der Waals surface area contributed by atoms with E-state index in [0.717, 1.165) is 11.1 Å². The number of rotatable bonds is 4. The summed E-state index contributed by atoms with van der Waals surface area (Å²) in [6.45, 7) is 2.94. The van der Waals surface area contributed by atoms with Crippen LogP contribution in [0, 0.1) is 24.0 Å². The number of nitrogens with one attached hydrogen (secondary N) is 1. The van der Waals surface area contributed by atoms with Gasteiger partial charge < -0.3 is 30.5 Å². The Balaban J connectivity index is 2.30. The van der Waals surface area contributed by atoms with Crippen molar-refractivity contribution in [1.29, 1.82) is 0 Å². The standard InChI is InChI=1S/C14H20N2O7/c1-6-3-8(9(16(21)22)4-7(6)2)15-14-13(20)12(19)11(18)10(5-17)23-14/h3-4,10-15,17-20H,5H2,1-2H3/t10-,11+,12-,13-,14-/m1/s1. The summed E-state index contributed by atoms with van der Waals surface area (Å²) in [7, 11) is 0. The van der Waals surface area contributed by atoms with Crippen molar-refractivity contribution in [1.82, 2.24) is 0 Å². The number of benzene rings is 1. The third-order valence-electron chi connectivity index (χ3n) is 4.00. The van der Waals surface area contributed by atoms with Crippen LogP contribution in [0.5, 0.6) is 0 Å². The van der Waals surface area contributed by atoms with Crippen molar-refractivity contribution in [2.75, 3.05) is 11.9 Å². The van der Waals surface area contributed by atoms with Crippen molar-refractivity contribution in [2.45, 2.75) is 44.5 Å². The van der Waals surface area contributed by atoms with Crippen LogP contribution in [-0.2, 0) is 4.74 Å². The fraction of sp³-hybridized carbons (Fsp3) is 0.571. The van der Waals surface area contributed by atoms with Crippen molar-refractivity contribution in [3.8, 4) is 0 Å². The van der Waals surface area contributed by atoms with Crippen molar-refractivity contribution >= 4 is 11.4 Å². The molecule has 128 valence electrons. The average Bonchev–Trinajstić information content (AvgIpc) is 2.50. The summed E-state index contributed by atoms with van der Waals surface area (Å²) in [5.74, 6) is 0. The number of ether oxygens (including phenoxy) is 1. The second-order valence-electron chi connectivity index (χ2n) is 5.60. The van der Waals surface area contributed by atoms with E-state index in [9.17, 15) is 25.4 Å². The van der Waals surface area contributed by atoms with E-state index in [4.69, 9.17) is 9.84 Å². The van der Waals surface area contributed by atoms with Crippen molar-refractivity contribution < 1.29 is 30.1 Å². The maximum absolute atomic E-state index is 11.2. The van der Waals surface area contributed by atoms with Crippen molar-refractivity contribution in [3.05, 3.63) is 33.4 Å². The molecule has 0 amide bonds. The second-order valence-corrected chi connectivity index (χ2v) is 5.60. The van der Waals surface area contributed by atoms with Gasteiger partial charge in [0.25, 0.3) is 5.69 Å². The average molecular weight is 328 g/mol. The molecular formula is C14H20N2O7. The molecule has 0 saturated carbocycles. The fourth-order valence-electron chi connectivity index (χ4n) is 2.44. The number of hydrogen-bond acceptors (Lipinski definition) is 8. The first-order valence-electron chi connectivity index (χ1n) is 7.09. The molecule has 23 heavy (non-hydrogen) atoms. The molecule has 0 aromatic heterocycles. The molecule has 2 rings (SSSR count). The van der Waals surface area contributed by atoms with Crippen LogP contribution in [-0.4, -0.2) is 62.6 Å². The number of nitrogens with zero attached hydrogens (tertiary/aromatic N) is 1. The lowest BCUT2D eigenvalue weighted by molar-refractivity contribution is -0.384. The lowest BCUT2D eigenvalue weighted by Crippen LogP contribution is -2.60. The van der Waals surface area contributed by atoms with Gasteiger partial charge in [-0.3, -0.25) is 10.1 Å². The van der Waals surface area contributed by atoms with E-state index < -0.39 is 42.2 Å². The number of nitro benzene ring substituents is 1. The summed E-state index contributed by atoms with van der Waals surface area (Å²) in [4.78, 5) is 10.6. The lowest BCUT2D eigenvalue weighted by Gasteiger charge is -2.40. The van der Waals surface area contributed by atoms with Gasteiger partial charge in [0.1, 0.15) is 30.1 Å². The zero-order valence-electron chi connectivity index (χ0n) is 12.7. The SMILES string of the molecule is Cc1cc(N[C@@H]2O[C@H](CO)[C@H](O)[C@@H](O)[C@H]2O)c([N+](=O)[O-])cc1C. The minimum atomic E-state index is -1.55. The highest BCUT2D eigenvalue weighted by molar-refractivity contribution is 5.64. The van der Waals surface area contributed by atoms with Crippen LogP contribution in [0.2, 0.25) is 0 Å². The zero-order chi connectivity index (χ0) is 17.3. The molecule has 1 saturated heterocycles. The molecule has 9 heteroatoms. The molecule has 0 aliphatic carbocycles. The number of nitro groups is 1. The number of aliphatic hydroxyl groups excluding tert-OH is 4. The van der Waals surface area contributed by atoms with Gasteiger partial charge in [-0.15, -0.1) is 0 Å². The Morgan fingerprint density at radius 1 is 1.17 bits per heavy atom. The van der Waals surface area contributed by atoms with Crippen LogP contribution in [0.15, 0.2) is 12.1 Å². The molecule has 1 aromatic rings. The monoisotopic (exact) mass is 328 g/mol. The van der Waals surface area contributed by atoms with E-state index in [0.29, 0.717) is 0 Å². The van der Waals surface area contributed by atoms with Crippen molar-refractivity contribution in [2.24, 2.45) is 0 Å². The van der Waals surface area contributed by atoms with E-state index in [1.54, 1.807) is 13.8 Å². The predicted octanol–water partition coefficient (Wildman–Crippen LogP) is -0.577. The van der Waals surface area contributed by atoms with Crippen LogP contribution < -0.4 is 5.32 Å². The molecule has 9 nitrogen and oxygen atoms in total. The molecule has 1 aromatic carbocycles. The van der Waals surface area contributed by atoms with Gasteiger partial charge >= 0.3 is 0 Å². The van der Waals surface area contributed by atoms with E-state index in [2.05, 4.69) is 5.32 Å². The molecule has 5 N–H and O–H groups in total. The molecule has 1 fully saturated rings. The van der Waals surface area contributed by atoms with Gasteiger partial charge in [0, 0.05) is 6.07 Å². The Bertz CT molecular complexity index is 593. The van der Waals surface area contributed by atoms with Crippen LogP contribution in [0.1, 0.15) is 11.1 Å². The zero-order valence-corrected chi connectivity index (χ0v) is 12.7. The lowest BCUT2D eigenvalue weighted by atomic mass is 9.98. The fourth-order valence-corrected chi connectivity index (χ4v) is 2.44. The highest BCUT2D eigenvalue weighted by atomic mass is 16.6. The Morgan fingerprint density at radius 3 is 2.35 bits per heavy atom. The summed E-state index contributed by atoms with van der Waals surface area (Å²) in [5.41, 5.74) is 1.44. The number of anilines is 1. The van der Waals surface area contributed by atoms with Gasteiger partial charge in [-0.05, 0) is 31.0 Å². The Kier molecular flexibility index (Phi) is 5.17. The van der Waals surface area contributed by atoms with Gasteiger partial charge in [0.05, 0.1) is 11.5 Å². The van der Waals surface area contributed by atoms with E-state index in [1.807, 2.05) is 0 Å². The van der Waals surface area contributed by atoms with Crippen LogP contribution >= 0.6 is 0 Å². The third-order valence-corrected chi connectivity index (χ3v) is 4.00.